The minimum absolute atomic E-state index is 0.0491. The Labute approximate surface area is 143 Å². The van der Waals surface area contributed by atoms with E-state index < -0.39 is 11.8 Å². The van der Waals surface area contributed by atoms with Crippen LogP contribution >= 0.6 is 11.6 Å². The number of hydrogen-bond acceptors (Lipinski definition) is 4. The summed E-state index contributed by atoms with van der Waals surface area (Å²) < 4.78 is 10.6. The van der Waals surface area contributed by atoms with Crippen molar-refractivity contribution < 1.29 is 19.1 Å². The van der Waals surface area contributed by atoms with Gasteiger partial charge in [-0.25, -0.2) is 0 Å². The average Bonchev–Trinajstić information content (AvgIpc) is 3.14. The Bertz CT molecular complexity index is 876. The molecule has 0 radical (unpaired) electrons. The van der Waals surface area contributed by atoms with Crippen LogP contribution in [0, 0.1) is 0 Å². The normalized spacial score (nSPS) is 16.3. The van der Waals surface area contributed by atoms with E-state index >= 15 is 0 Å². The number of amides is 2. The quantitative estimate of drug-likeness (QED) is 0.805. The lowest BCUT2D eigenvalue weighted by Gasteiger charge is -2.15. The molecule has 0 atom stereocenters. The van der Waals surface area contributed by atoms with Crippen molar-refractivity contribution in [3.05, 3.63) is 64.7 Å². The Hall–Kier alpha value is -2.79. The van der Waals surface area contributed by atoms with Crippen LogP contribution in [-0.4, -0.2) is 23.5 Å². The molecule has 0 aromatic heterocycles. The molecule has 0 spiro atoms. The van der Waals surface area contributed by atoms with E-state index in [0.717, 1.165) is 10.5 Å². The first-order valence-electron chi connectivity index (χ1n) is 7.35. The topological polar surface area (TPSA) is 55.8 Å². The van der Waals surface area contributed by atoms with Crippen LogP contribution in [0.5, 0.6) is 11.5 Å². The Morgan fingerprint density at radius 3 is 2.50 bits per heavy atom. The zero-order chi connectivity index (χ0) is 16.7. The average molecular weight is 342 g/mol. The highest BCUT2D eigenvalue weighted by molar-refractivity contribution is 6.55. The van der Waals surface area contributed by atoms with Crippen molar-refractivity contribution in [2.45, 2.75) is 6.54 Å². The molecule has 0 N–H and O–H groups in total. The van der Waals surface area contributed by atoms with Gasteiger partial charge in [0.1, 0.15) is 5.03 Å². The smallest absolute Gasteiger partial charge is 0.273 e. The lowest BCUT2D eigenvalue weighted by molar-refractivity contribution is -0.137. The maximum atomic E-state index is 12.7. The van der Waals surface area contributed by atoms with Gasteiger partial charge in [0.25, 0.3) is 11.8 Å². The van der Waals surface area contributed by atoms with E-state index in [2.05, 4.69) is 0 Å². The molecule has 24 heavy (non-hydrogen) atoms. The monoisotopic (exact) mass is 341 g/mol. The summed E-state index contributed by atoms with van der Waals surface area (Å²) in [7, 11) is 0. The van der Waals surface area contributed by atoms with Gasteiger partial charge in [-0.1, -0.05) is 48.0 Å². The summed E-state index contributed by atoms with van der Waals surface area (Å²) in [6.07, 6.45) is 0. The molecule has 2 aromatic carbocycles. The van der Waals surface area contributed by atoms with E-state index in [1.54, 1.807) is 42.5 Å². The second kappa shape index (κ2) is 5.69. The molecule has 2 amide bonds. The molecule has 0 bridgehead atoms. The fourth-order valence-electron chi connectivity index (χ4n) is 2.77. The van der Waals surface area contributed by atoms with Crippen LogP contribution in [0.4, 0.5) is 0 Å². The Kier molecular flexibility index (Phi) is 3.50. The molecular weight excluding hydrogens is 330 g/mol. The zero-order valence-corrected chi connectivity index (χ0v) is 13.2. The number of ether oxygens (including phenoxy) is 2. The number of carbonyl (C=O) groups is 2. The summed E-state index contributed by atoms with van der Waals surface area (Å²) in [5.41, 5.74) is 1.64. The van der Waals surface area contributed by atoms with Gasteiger partial charge in [-0.3, -0.25) is 14.5 Å². The molecule has 0 saturated carbocycles. The highest BCUT2D eigenvalue weighted by atomic mass is 35.5. The highest BCUT2D eigenvalue weighted by Crippen LogP contribution is 2.35. The fourth-order valence-corrected chi connectivity index (χ4v) is 3.06. The molecule has 0 unspecified atom stereocenters. The number of rotatable bonds is 3. The summed E-state index contributed by atoms with van der Waals surface area (Å²) >= 11 is 6.14. The fraction of sp³-hybridized carbons (Fsp3) is 0.111. The van der Waals surface area contributed by atoms with E-state index in [9.17, 15) is 9.59 Å². The minimum atomic E-state index is -0.488. The predicted octanol–water partition coefficient (Wildman–Crippen LogP) is 2.93. The molecule has 2 aliphatic heterocycles. The molecule has 2 aromatic rings. The van der Waals surface area contributed by atoms with Gasteiger partial charge in [0.2, 0.25) is 6.79 Å². The van der Waals surface area contributed by atoms with Gasteiger partial charge >= 0.3 is 0 Å². The first kappa shape index (κ1) is 14.8. The number of carbonyl (C=O) groups excluding carboxylic acids is 2. The molecule has 2 heterocycles. The number of benzene rings is 2. The van der Waals surface area contributed by atoms with Gasteiger partial charge < -0.3 is 9.47 Å². The van der Waals surface area contributed by atoms with Crippen LogP contribution in [-0.2, 0) is 16.1 Å². The van der Waals surface area contributed by atoms with Crippen LogP contribution in [0.15, 0.2) is 53.6 Å². The molecule has 0 aliphatic carbocycles. The van der Waals surface area contributed by atoms with Crippen LogP contribution in [0.3, 0.4) is 0 Å². The number of hydrogen-bond donors (Lipinski definition) is 0. The maximum absolute atomic E-state index is 12.7. The standard InChI is InChI=1S/C18H12ClNO4/c19-16-15(12-4-2-1-3-5-12)17(21)20(18(16)22)9-11-6-7-13-14(8-11)24-10-23-13/h1-8H,9-10H2. The first-order valence-corrected chi connectivity index (χ1v) is 7.73. The number of nitrogens with zero attached hydrogens (tertiary/aromatic N) is 1. The summed E-state index contributed by atoms with van der Waals surface area (Å²) in [6, 6.07) is 14.3. The molecule has 4 rings (SSSR count). The maximum Gasteiger partial charge on any atom is 0.273 e. The van der Waals surface area contributed by atoms with Crippen molar-refractivity contribution in [2.75, 3.05) is 6.79 Å². The Morgan fingerprint density at radius 1 is 0.958 bits per heavy atom. The van der Waals surface area contributed by atoms with Gasteiger partial charge in [-0.05, 0) is 23.3 Å². The summed E-state index contributed by atoms with van der Waals surface area (Å²) in [5, 5.41) is -0.0491. The zero-order valence-electron chi connectivity index (χ0n) is 12.5. The Balaban J connectivity index is 1.62. The molecule has 5 nitrogen and oxygen atoms in total. The van der Waals surface area contributed by atoms with E-state index in [1.165, 1.54) is 0 Å². The lowest BCUT2D eigenvalue weighted by atomic mass is 10.1. The van der Waals surface area contributed by atoms with Crippen LogP contribution in [0.1, 0.15) is 11.1 Å². The largest absolute Gasteiger partial charge is 0.454 e. The number of imide groups is 1. The highest BCUT2D eigenvalue weighted by Gasteiger charge is 2.38. The summed E-state index contributed by atoms with van der Waals surface area (Å²) in [5.74, 6) is 0.375. The van der Waals surface area contributed by atoms with Gasteiger partial charge in [-0.15, -0.1) is 0 Å². The van der Waals surface area contributed by atoms with E-state index in [0.29, 0.717) is 17.1 Å². The third-order valence-corrected chi connectivity index (χ3v) is 4.30. The second-order valence-corrected chi connectivity index (χ2v) is 5.82. The summed E-state index contributed by atoms with van der Waals surface area (Å²) in [4.78, 5) is 26.2. The van der Waals surface area contributed by atoms with Crippen molar-refractivity contribution in [1.29, 1.82) is 0 Å². The molecule has 6 heteroatoms. The van der Waals surface area contributed by atoms with Crippen LogP contribution in [0.2, 0.25) is 0 Å². The molecular formula is C18H12ClNO4. The molecule has 0 saturated heterocycles. The third-order valence-electron chi connectivity index (χ3n) is 3.95. The Morgan fingerprint density at radius 2 is 1.71 bits per heavy atom. The third kappa shape index (κ3) is 2.34. The van der Waals surface area contributed by atoms with Gasteiger partial charge in [0, 0.05) is 0 Å². The minimum Gasteiger partial charge on any atom is -0.454 e. The second-order valence-electron chi connectivity index (χ2n) is 5.44. The lowest BCUT2D eigenvalue weighted by Crippen LogP contribution is -2.30. The first-order chi connectivity index (χ1) is 11.6. The molecule has 120 valence electrons. The van der Waals surface area contributed by atoms with E-state index in [1.807, 2.05) is 6.07 Å². The van der Waals surface area contributed by atoms with Crippen molar-refractivity contribution in [3.8, 4) is 11.5 Å². The summed E-state index contributed by atoms with van der Waals surface area (Å²) in [6.45, 7) is 0.298. The van der Waals surface area contributed by atoms with Crippen LogP contribution in [0.25, 0.3) is 5.57 Å². The molecule has 0 fully saturated rings. The van der Waals surface area contributed by atoms with Crippen LogP contribution < -0.4 is 9.47 Å². The van der Waals surface area contributed by atoms with Crippen molar-refractivity contribution in [3.63, 3.8) is 0 Å². The van der Waals surface area contributed by atoms with Crippen molar-refractivity contribution in [2.24, 2.45) is 0 Å². The van der Waals surface area contributed by atoms with Crippen molar-refractivity contribution >= 4 is 29.0 Å². The SMILES string of the molecule is O=C1C(Cl)=C(c2ccccc2)C(=O)N1Cc1ccc2c(c1)OCO2. The number of fused-ring (bicyclic) bond motifs is 1. The van der Waals surface area contributed by atoms with Gasteiger partial charge in [0.15, 0.2) is 11.5 Å². The van der Waals surface area contributed by atoms with Crippen molar-refractivity contribution in [1.82, 2.24) is 4.90 Å². The van der Waals surface area contributed by atoms with Gasteiger partial charge in [-0.2, -0.15) is 0 Å². The van der Waals surface area contributed by atoms with Gasteiger partial charge in [0.05, 0.1) is 12.1 Å². The molecule has 2 aliphatic rings. The van der Waals surface area contributed by atoms with E-state index in [4.69, 9.17) is 21.1 Å². The number of halogens is 1. The van der Waals surface area contributed by atoms with E-state index in [-0.39, 0.29) is 23.9 Å². The predicted molar refractivity (Wildman–Crippen MR) is 87.3 cm³/mol.